The summed E-state index contributed by atoms with van der Waals surface area (Å²) in [6.07, 6.45) is 0.100. The first-order valence-electron chi connectivity index (χ1n) is 10.8. The Morgan fingerprint density at radius 1 is 1.33 bits per heavy atom. The van der Waals surface area contributed by atoms with E-state index in [4.69, 9.17) is 26.3 Å². The number of rotatable bonds is 4. The Labute approximate surface area is 200 Å². The van der Waals surface area contributed by atoms with E-state index in [0.717, 1.165) is 27.0 Å². The summed E-state index contributed by atoms with van der Waals surface area (Å²) in [7, 11) is 0. The van der Waals surface area contributed by atoms with Crippen LogP contribution in [0.5, 0.6) is 0 Å². The van der Waals surface area contributed by atoms with Gasteiger partial charge in [-0.2, -0.15) is 0 Å². The molecule has 1 aliphatic rings. The number of nitrogens with zero attached hydrogens (tertiary/aromatic N) is 3. The highest BCUT2D eigenvalue weighted by Gasteiger charge is 2.31. The molecule has 0 spiro atoms. The van der Waals surface area contributed by atoms with Gasteiger partial charge in [0.2, 0.25) is 5.95 Å². The third-order valence-electron chi connectivity index (χ3n) is 5.90. The minimum absolute atomic E-state index is 0.198. The molecule has 172 valence electrons. The molecule has 0 radical (unpaired) electrons. The standard InChI is InChI=1S/C24H25ClN4O3S/c1-12(30)10-26-23-28-19-18-16-9-24(3,4)32-11-17(16)13(2)27-21(18)33-20(19)22(31)29(23)15-7-5-6-14(25)8-15/h5-8,12,30H,9-11H2,1-4H3,(H,26,28)/t12-/m0/s1. The zero-order chi connectivity index (χ0) is 23.5. The molecule has 0 amide bonds. The second-order valence-corrected chi connectivity index (χ2v) is 10.6. The average Bonchev–Trinajstić information content (AvgIpc) is 3.10. The lowest BCUT2D eigenvalue weighted by molar-refractivity contribution is -0.0400. The molecule has 1 aromatic carbocycles. The van der Waals surface area contributed by atoms with Gasteiger partial charge in [-0.25, -0.2) is 14.5 Å². The maximum Gasteiger partial charge on any atom is 0.277 e. The van der Waals surface area contributed by atoms with Gasteiger partial charge < -0.3 is 15.2 Å². The van der Waals surface area contributed by atoms with Gasteiger partial charge in [-0.15, -0.1) is 11.3 Å². The van der Waals surface area contributed by atoms with Crippen molar-refractivity contribution in [1.29, 1.82) is 0 Å². The summed E-state index contributed by atoms with van der Waals surface area (Å²) in [5.41, 5.74) is 3.86. The number of benzene rings is 1. The van der Waals surface area contributed by atoms with Gasteiger partial charge in [-0.05, 0) is 51.5 Å². The number of halogens is 1. The number of fused-ring (bicyclic) bond motifs is 5. The monoisotopic (exact) mass is 484 g/mol. The number of thiophene rings is 1. The molecule has 5 rings (SSSR count). The molecule has 9 heteroatoms. The Bertz CT molecular complexity index is 1460. The first-order valence-corrected chi connectivity index (χ1v) is 12.0. The maximum atomic E-state index is 13.8. The van der Waals surface area contributed by atoms with Crippen molar-refractivity contribution in [2.45, 2.75) is 52.4 Å². The molecule has 2 N–H and O–H groups in total. The summed E-state index contributed by atoms with van der Waals surface area (Å²) in [5, 5.41) is 14.4. The fourth-order valence-electron chi connectivity index (χ4n) is 4.30. The van der Waals surface area contributed by atoms with E-state index in [1.807, 2.05) is 13.0 Å². The Morgan fingerprint density at radius 2 is 2.12 bits per heavy atom. The van der Waals surface area contributed by atoms with Crippen LogP contribution in [0.1, 0.15) is 37.6 Å². The van der Waals surface area contributed by atoms with E-state index >= 15 is 0 Å². The summed E-state index contributed by atoms with van der Waals surface area (Å²) >= 11 is 7.58. The predicted molar refractivity (Wildman–Crippen MR) is 133 cm³/mol. The number of hydrogen-bond donors (Lipinski definition) is 2. The highest BCUT2D eigenvalue weighted by atomic mass is 35.5. The second-order valence-electron chi connectivity index (χ2n) is 9.13. The fraction of sp³-hybridized carbons (Fsp3) is 0.375. The number of aryl methyl sites for hydroxylation is 1. The Morgan fingerprint density at radius 3 is 2.85 bits per heavy atom. The summed E-state index contributed by atoms with van der Waals surface area (Å²) in [6, 6.07) is 7.08. The molecule has 0 aliphatic carbocycles. The van der Waals surface area contributed by atoms with Gasteiger partial charge in [0.25, 0.3) is 5.56 Å². The van der Waals surface area contributed by atoms with E-state index < -0.39 is 6.10 Å². The first-order chi connectivity index (χ1) is 15.6. The third kappa shape index (κ3) is 3.91. The molecule has 1 aliphatic heterocycles. The number of anilines is 1. The minimum Gasteiger partial charge on any atom is -0.392 e. The van der Waals surface area contributed by atoms with Gasteiger partial charge in [-0.3, -0.25) is 4.79 Å². The summed E-state index contributed by atoms with van der Waals surface area (Å²) < 4.78 is 8.09. The van der Waals surface area contributed by atoms with Crippen molar-refractivity contribution in [3.8, 4) is 5.69 Å². The van der Waals surface area contributed by atoms with Crippen LogP contribution in [-0.2, 0) is 17.8 Å². The molecule has 33 heavy (non-hydrogen) atoms. The summed E-state index contributed by atoms with van der Waals surface area (Å²) in [4.78, 5) is 24.3. The molecule has 4 heterocycles. The average molecular weight is 485 g/mol. The van der Waals surface area contributed by atoms with Crippen LogP contribution in [0.3, 0.4) is 0 Å². The zero-order valence-electron chi connectivity index (χ0n) is 18.9. The van der Waals surface area contributed by atoms with Crippen LogP contribution in [0.15, 0.2) is 29.1 Å². The molecule has 0 fully saturated rings. The first kappa shape index (κ1) is 22.3. The van der Waals surface area contributed by atoms with Crippen LogP contribution in [0.25, 0.3) is 26.1 Å². The SMILES string of the molecule is Cc1nc2sc3c(=O)n(-c4cccc(Cl)c4)c(NC[C@H](C)O)nc3c2c2c1COC(C)(C)C2. The van der Waals surface area contributed by atoms with Crippen LogP contribution in [0.4, 0.5) is 5.95 Å². The summed E-state index contributed by atoms with van der Waals surface area (Å²) in [5.74, 6) is 0.357. The number of aliphatic hydroxyl groups excluding tert-OH is 1. The van der Waals surface area contributed by atoms with Crippen LogP contribution in [0.2, 0.25) is 5.02 Å². The fourth-order valence-corrected chi connectivity index (χ4v) is 5.60. The van der Waals surface area contributed by atoms with Crippen LogP contribution in [0, 0.1) is 6.92 Å². The second kappa shape index (κ2) is 8.06. The lowest BCUT2D eigenvalue weighted by Gasteiger charge is -2.32. The van der Waals surface area contributed by atoms with E-state index in [-0.39, 0.29) is 17.7 Å². The van der Waals surface area contributed by atoms with Gasteiger partial charge in [0.05, 0.1) is 24.0 Å². The maximum absolute atomic E-state index is 13.8. The molecule has 0 bridgehead atoms. The van der Waals surface area contributed by atoms with Gasteiger partial charge in [0.15, 0.2) is 0 Å². The van der Waals surface area contributed by atoms with Gasteiger partial charge in [0.1, 0.15) is 15.0 Å². The molecule has 0 saturated heterocycles. The topological polar surface area (TPSA) is 89.3 Å². The number of ether oxygens (including phenoxy) is 1. The van der Waals surface area contributed by atoms with Gasteiger partial charge in [0, 0.05) is 34.6 Å². The van der Waals surface area contributed by atoms with Crippen molar-refractivity contribution in [3.05, 3.63) is 56.5 Å². The van der Waals surface area contributed by atoms with Crippen LogP contribution >= 0.6 is 22.9 Å². The Hall–Kier alpha value is -2.52. The van der Waals surface area contributed by atoms with Crippen molar-refractivity contribution in [1.82, 2.24) is 14.5 Å². The van der Waals surface area contributed by atoms with E-state index in [1.54, 1.807) is 25.1 Å². The van der Waals surface area contributed by atoms with Crippen molar-refractivity contribution in [3.63, 3.8) is 0 Å². The number of aliphatic hydroxyl groups is 1. The lowest BCUT2D eigenvalue weighted by atomic mass is 9.89. The van der Waals surface area contributed by atoms with Crippen molar-refractivity contribution in [2.24, 2.45) is 0 Å². The molecule has 4 aromatic rings. The third-order valence-corrected chi connectivity index (χ3v) is 7.19. The van der Waals surface area contributed by atoms with Gasteiger partial charge in [-0.1, -0.05) is 17.7 Å². The molecule has 7 nitrogen and oxygen atoms in total. The highest BCUT2D eigenvalue weighted by molar-refractivity contribution is 7.25. The normalized spacial score (nSPS) is 16.2. The molecule has 0 saturated carbocycles. The number of hydrogen-bond acceptors (Lipinski definition) is 7. The lowest BCUT2D eigenvalue weighted by Crippen LogP contribution is -2.32. The molecule has 3 aromatic heterocycles. The van der Waals surface area contributed by atoms with E-state index in [2.05, 4.69) is 19.2 Å². The van der Waals surface area contributed by atoms with E-state index in [1.165, 1.54) is 15.9 Å². The Kier molecular flexibility index (Phi) is 5.44. The highest BCUT2D eigenvalue weighted by Crippen LogP contribution is 2.40. The van der Waals surface area contributed by atoms with Gasteiger partial charge >= 0.3 is 0 Å². The van der Waals surface area contributed by atoms with Crippen molar-refractivity contribution >= 4 is 49.3 Å². The molecular formula is C24H25ClN4O3S. The van der Waals surface area contributed by atoms with Crippen molar-refractivity contribution < 1.29 is 9.84 Å². The van der Waals surface area contributed by atoms with E-state index in [9.17, 15) is 9.90 Å². The summed E-state index contributed by atoms with van der Waals surface area (Å²) in [6.45, 7) is 8.54. The number of aromatic nitrogens is 3. The predicted octanol–water partition coefficient (Wildman–Crippen LogP) is 4.60. The minimum atomic E-state index is -0.611. The quantitative estimate of drug-likeness (QED) is 0.440. The molecule has 1 atom stereocenters. The Balaban J connectivity index is 1.85. The molecule has 0 unspecified atom stereocenters. The number of pyridine rings is 1. The van der Waals surface area contributed by atoms with Crippen LogP contribution < -0.4 is 10.9 Å². The molecular weight excluding hydrogens is 460 g/mol. The number of nitrogens with one attached hydrogen (secondary N) is 1. The van der Waals surface area contributed by atoms with E-state index in [0.29, 0.717) is 39.9 Å². The zero-order valence-corrected chi connectivity index (χ0v) is 20.5. The van der Waals surface area contributed by atoms with Crippen molar-refractivity contribution in [2.75, 3.05) is 11.9 Å². The smallest absolute Gasteiger partial charge is 0.277 e. The van der Waals surface area contributed by atoms with Crippen LogP contribution in [-0.4, -0.2) is 37.9 Å². The largest absolute Gasteiger partial charge is 0.392 e.